The zero-order valence-electron chi connectivity index (χ0n) is 17.0. The molecular formula is C20H36N4O2S2. The second-order valence-electron chi connectivity index (χ2n) is 5.92. The van der Waals surface area contributed by atoms with Crippen molar-refractivity contribution in [2.45, 2.75) is 53.0 Å². The van der Waals surface area contributed by atoms with E-state index in [-0.39, 0.29) is 12.3 Å². The van der Waals surface area contributed by atoms with Gasteiger partial charge >= 0.3 is 0 Å². The van der Waals surface area contributed by atoms with Crippen molar-refractivity contribution in [3.63, 3.8) is 0 Å². The molecular weight excluding hydrogens is 392 g/mol. The van der Waals surface area contributed by atoms with Gasteiger partial charge in [-0.1, -0.05) is 45.9 Å². The van der Waals surface area contributed by atoms with Crippen LogP contribution in [0.3, 0.4) is 0 Å². The molecule has 0 atom stereocenters. The molecule has 0 saturated heterocycles. The summed E-state index contributed by atoms with van der Waals surface area (Å²) in [6, 6.07) is 6.86. The maximum atomic E-state index is 12.7. The standard InChI is InChI=1S/C15H19N3O2S2.C2H7N.C2H6.CH4/c1-12-3-5-14(6-4-12)22(19,20)18-10-13-9-17(11-21-2)8-7-15(13)16-18;1-2-3;1-2;/h3-6,10H,7-9,11H2,1-2H3;2-3H2,1H3;1-2H3;1H4. The third-order valence-corrected chi connectivity index (χ3v) is 5.96. The molecule has 3 rings (SSSR count). The molecule has 0 aliphatic carbocycles. The first-order chi connectivity index (χ1) is 12.9. The number of fused-ring (bicyclic) bond motifs is 1. The van der Waals surface area contributed by atoms with Gasteiger partial charge in [-0.05, 0) is 31.9 Å². The van der Waals surface area contributed by atoms with E-state index in [0.717, 1.165) is 52.8 Å². The van der Waals surface area contributed by atoms with Gasteiger partial charge in [-0.3, -0.25) is 4.90 Å². The lowest BCUT2D eigenvalue weighted by molar-refractivity contribution is 0.299. The molecule has 6 nitrogen and oxygen atoms in total. The normalized spacial score (nSPS) is 13.2. The summed E-state index contributed by atoms with van der Waals surface area (Å²) >= 11 is 1.77. The lowest BCUT2D eigenvalue weighted by Crippen LogP contribution is -2.29. The van der Waals surface area contributed by atoms with Crippen molar-refractivity contribution in [1.29, 1.82) is 0 Å². The summed E-state index contributed by atoms with van der Waals surface area (Å²) in [6.45, 7) is 10.3. The van der Waals surface area contributed by atoms with Crippen LogP contribution in [0, 0.1) is 6.92 Å². The second kappa shape index (κ2) is 13.0. The van der Waals surface area contributed by atoms with Gasteiger partial charge in [0.1, 0.15) is 0 Å². The Morgan fingerprint density at radius 1 is 1.21 bits per heavy atom. The topological polar surface area (TPSA) is 81.2 Å². The van der Waals surface area contributed by atoms with Gasteiger partial charge in [-0.25, -0.2) is 0 Å². The highest BCUT2D eigenvalue weighted by atomic mass is 32.2. The Morgan fingerprint density at radius 2 is 1.79 bits per heavy atom. The Labute approximate surface area is 175 Å². The molecule has 0 radical (unpaired) electrons. The van der Waals surface area contributed by atoms with E-state index >= 15 is 0 Å². The van der Waals surface area contributed by atoms with Gasteiger partial charge < -0.3 is 5.73 Å². The van der Waals surface area contributed by atoms with E-state index in [4.69, 9.17) is 5.73 Å². The second-order valence-corrected chi connectivity index (χ2v) is 8.55. The Morgan fingerprint density at radius 3 is 2.32 bits per heavy atom. The molecule has 1 aliphatic heterocycles. The number of hydrogen-bond donors (Lipinski definition) is 1. The van der Waals surface area contributed by atoms with E-state index in [2.05, 4.69) is 16.3 Å². The van der Waals surface area contributed by atoms with E-state index in [1.54, 1.807) is 42.2 Å². The maximum Gasteiger partial charge on any atom is 0.282 e. The van der Waals surface area contributed by atoms with Crippen LogP contribution in [0.2, 0.25) is 0 Å². The Bertz CT molecular complexity index is 787. The Hall–Kier alpha value is -1.35. The van der Waals surface area contributed by atoms with Crippen LogP contribution in [0.25, 0.3) is 0 Å². The van der Waals surface area contributed by atoms with E-state index in [0.29, 0.717) is 0 Å². The smallest absolute Gasteiger partial charge is 0.282 e. The molecule has 0 bridgehead atoms. The molecule has 2 heterocycles. The van der Waals surface area contributed by atoms with Gasteiger partial charge in [-0.2, -0.15) is 17.6 Å². The van der Waals surface area contributed by atoms with Crippen molar-refractivity contribution in [3.05, 3.63) is 47.3 Å². The van der Waals surface area contributed by atoms with Gasteiger partial charge in [0.15, 0.2) is 0 Å². The molecule has 28 heavy (non-hydrogen) atoms. The minimum absolute atomic E-state index is 0. The molecule has 2 aromatic rings. The zero-order valence-corrected chi connectivity index (χ0v) is 18.6. The van der Waals surface area contributed by atoms with Crippen LogP contribution in [0.5, 0.6) is 0 Å². The number of thioether (sulfide) groups is 1. The molecule has 1 aromatic carbocycles. The van der Waals surface area contributed by atoms with E-state index < -0.39 is 10.0 Å². The number of rotatable bonds is 4. The highest BCUT2D eigenvalue weighted by molar-refractivity contribution is 7.98. The maximum absolute atomic E-state index is 12.7. The minimum atomic E-state index is -3.60. The molecule has 0 spiro atoms. The van der Waals surface area contributed by atoms with Crippen LogP contribution in [0.4, 0.5) is 0 Å². The fourth-order valence-electron chi connectivity index (χ4n) is 2.58. The van der Waals surface area contributed by atoms with Gasteiger partial charge in [0, 0.05) is 37.1 Å². The largest absolute Gasteiger partial charge is 0.331 e. The minimum Gasteiger partial charge on any atom is -0.331 e. The molecule has 160 valence electrons. The summed E-state index contributed by atoms with van der Waals surface area (Å²) in [4.78, 5) is 2.58. The first kappa shape index (κ1) is 26.6. The van der Waals surface area contributed by atoms with Gasteiger partial charge in [0.2, 0.25) is 0 Å². The summed E-state index contributed by atoms with van der Waals surface area (Å²) < 4.78 is 26.4. The van der Waals surface area contributed by atoms with Crippen molar-refractivity contribution in [2.75, 3.05) is 25.2 Å². The monoisotopic (exact) mass is 428 g/mol. The SMILES string of the molecule is C.CC.CCN.CSCN1CCc2nn(S(=O)(=O)c3ccc(C)cc3)cc2C1. The number of nitrogens with two attached hydrogens (primary N) is 1. The predicted octanol–water partition coefficient (Wildman–Crippen LogP) is 3.73. The molecule has 0 amide bonds. The molecule has 0 fully saturated rings. The highest BCUT2D eigenvalue weighted by Crippen LogP contribution is 2.22. The van der Waals surface area contributed by atoms with Gasteiger partial charge in [0.05, 0.1) is 10.6 Å². The van der Waals surface area contributed by atoms with E-state index in [9.17, 15) is 8.42 Å². The number of aryl methyl sites for hydroxylation is 1. The number of aromatic nitrogens is 2. The van der Waals surface area contributed by atoms with Gasteiger partial charge in [-0.15, -0.1) is 11.8 Å². The quantitative estimate of drug-likeness (QED) is 0.799. The summed E-state index contributed by atoms with van der Waals surface area (Å²) in [5.74, 6) is 0.954. The van der Waals surface area contributed by atoms with Gasteiger partial charge in [0.25, 0.3) is 10.0 Å². The third-order valence-electron chi connectivity index (χ3n) is 3.79. The van der Waals surface area contributed by atoms with Crippen LogP contribution < -0.4 is 5.73 Å². The fraction of sp³-hybridized carbons (Fsp3) is 0.550. The van der Waals surface area contributed by atoms with Crippen molar-refractivity contribution in [3.8, 4) is 0 Å². The lowest BCUT2D eigenvalue weighted by Gasteiger charge is -2.24. The summed E-state index contributed by atoms with van der Waals surface area (Å²) in [6.07, 6.45) is 4.53. The molecule has 0 unspecified atom stereocenters. The van der Waals surface area contributed by atoms with Crippen molar-refractivity contribution < 1.29 is 8.42 Å². The van der Waals surface area contributed by atoms with Crippen LogP contribution in [-0.2, 0) is 23.0 Å². The summed E-state index contributed by atoms with van der Waals surface area (Å²) in [5.41, 5.74) is 7.79. The molecule has 8 heteroatoms. The molecule has 2 N–H and O–H groups in total. The predicted molar refractivity (Wildman–Crippen MR) is 121 cm³/mol. The average Bonchev–Trinajstić information content (AvgIpc) is 3.09. The Balaban J connectivity index is 0.00000111. The first-order valence-electron chi connectivity index (χ1n) is 9.23. The lowest BCUT2D eigenvalue weighted by atomic mass is 10.1. The first-order valence-corrected chi connectivity index (χ1v) is 12.1. The summed E-state index contributed by atoms with van der Waals surface area (Å²) in [5, 5.41) is 4.31. The van der Waals surface area contributed by atoms with Crippen molar-refractivity contribution in [2.24, 2.45) is 5.73 Å². The Kier molecular flexibility index (Phi) is 12.4. The average molecular weight is 429 g/mol. The van der Waals surface area contributed by atoms with Crippen LogP contribution in [0.1, 0.15) is 45.0 Å². The van der Waals surface area contributed by atoms with Crippen molar-refractivity contribution >= 4 is 21.8 Å². The molecule has 1 aliphatic rings. The third kappa shape index (κ3) is 6.92. The van der Waals surface area contributed by atoms with Crippen LogP contribution in [0.15, 0.2) is 35.4 Å². The van der Waals surface area contributed by atoms with Crippen molar-refractivity contribution in [1.82, 2.24) is 14.1 Å². The summed E-state index contributed by atoms with van der Waals surface area (Å²) in [7, 11) is -3.60. The fourth-order valence-corrected chi connectivity index (χ4v) is 4.33. The van der Waals surface area contributed by atoms with Crippen LogP contribution in [-0.4, -0.2) is 47.7 Å². The van der Waals surface area contributed by atoms with E-state index in [1.807, 2.05) is 27.7 Å². The van der Waals surface area contributed by atoms with Crippen LogP contribution >= 0.6 is 11.8 Å². The molecule has 1 aromatic heterocycles. The zero-order chi connectivity index (χ0) is 20.4. The van der Waals surface area contributed by atoms with E-state index in [1.165, 1.54) is 0 Å². The number of nitrogens with zero attached hydrogens (tertiary/aromatic N) is 3. The highest BCUT2D eigenvalue weighted by Gasteiger charge is 2.24. The molecule has 0 saturated carbocycles. The number of benzene rings is 1. The number of hydrogen-bond acceptors (Lipinski definition) is 6.